The van der Waals surface area contributed by atoms with Crippen LogP contribution in [-0.4, -0.2) is 48.6 Å². The third-order valence-electron chi connectivity index (χ3n) is 4.89. The first kappa shape index (κ1) is 15.7. The van der Waals surface area contributed by atoms with Crippen molar-refractivity contribution in [3.05, 3.63) is 0 Å². The molecule has 1 heterocycles. The van der Waals surface area contributed by atoms with Gasteiger partial charge in [-0.2, -0.15) is 0 Å². The molecule has 2 saturated carbocycles. The summed E-state index contributed by atoms with van der Waals surface area (Å²) < 4.78 is 15.7. The van der Waals surface area contributed by atoms with E-state index in [1.54, 1.807) is 0 Å². The Labute approximate surface area is 130 Å². The van der Waals surface area contributed by atoms with Crippen LogP contribution >= 0.6 is 0 Å². The lowest BCUT2D eigenvalue weighted by Crippen LogP contribution is -2.29. The molecule has 3 fully saturated rings. The van der Waals surface area contributed by atoms with Crippen LogP contribution in [0.25, 0.3) is 0 Å². The maximum absolute atomic E-state index is 11.9. The molecule has 5 unspecified atom stereocenters. The Morgan fingerprint density at radius 2 is 1.59 bits per heavy atom. The number of epoxide rings is 1. The van der Waals surface area contributed by atoms with Gasteiger partial charge in [0, 0.05) is 0 Å². The zero-order valence-electron chi connectivity index (χ0n) is 12.7. The maximum atomic E-state index is 11.9. The highest BCUT2D eigenvalue weighted by Gasteiger charge is 2.46. The van der Waals surface area contributed by atoms with Crippen LogP contribution in [0, 0.1) is 11.8 Å². The number of aliphatic hydroxyl groups is 1. The number of esters is 2. The topological polar surface area (TPSA) is 85.4 Å². The lowest BCUT2D eigenvalue weighted by molar-refractivity contribution is -0.159. The van der Waals surface area contributed by atoms with Crippen LogP contribution in [-0.2, 0) is 23.8 Å². The molecule has 5 atom stereocenters. The predicted molar refractivity (Wildman–Crippen MR) is 75.9 cm³/mol. The molecule has 0 aromatic rings. The number of ether oxygens (including phenoxy) is 3. The third-order valence-corrected chi connectivity index (χ3v) is 4.89. The van der Waals surface area contributed by atoms with Gasteiger partial charge in [0.1, 0.15) is 13.2 Å². The fourth-order valence-electron chi connectivity index (χ4n) is 3.52. The summed E-state index contributed by atoms with van der Waals surface area (Å²) in [6.07, 6.45) is 5.58. The Hall–Kier alpha value is -1.14. The van der Waals surface area contributed by atoms with Gasteiger partial charge in [0.2, 0.25) is 0 Å². The first-order valence-electron chi connectivity index (χ1n) is 8.30. The van der Waals surface area contributed by atoms with E-state index in [1.165, 1.54) is 0 Å². The Balaban J connectivity index is 1.29. The third kappa shape index (κ3) is 3.98. The van der Waals surface area contributed by atoms with Crippen molar-refractivity contribution in [2.75, 3.05) is 13.2 Å². The van der Waals surface area contributed by atoms with Gasteiger partial charge in [-0.1, -0.05) is 6.42 Å². The van der Waals surface area contributed by atoms with E-state index >= 15 is 0 Å². The summed E-state index contributed by atoms with van der Waals surface area (Å²) in [5.74, 6) is -0.797. The molecule has 3 aliphatic rings. The second kappa shape index (κ2) is 6.96. The molecule has 1 N–H and O–H groups in total. The van der Waals surface area contributed by atoms with Gasteiger partial charge in [-0.05, 0) is 38.5 Å². The zero-order chi connectivity index (χ0) is 15.5. The van der Waals surface area contributed by atoms with E-state index in [1.807, 2.05) is 0 Å². The summed E-state index contributed by atoms with van der Waals surface area (Å²) in [5.41, 5.74) is 0. The summed E-state index contributed by atoms with van der Waals surface area (Å²) in [4.78, 5) is 23.7. The highest BCUT2D eigenvalue weighted by Crippen LogP contribution is 2.39. The number of hydrogen-bond donors (Lipinski definition) is 1. The SMILES string of the molecule is O=C(OCCOC(=O)C1CCC2OC2C1)C1CCCC(O)C1. The summed E-state index contributed by atoms with van der Waals surface area (Å²) in [6.45, 7) is 0.192. The van der Waals surface area contributed by atoms with Crippen molar-refractivity contribution < 1.29 is 28.9 Å². The number of fused-ring (bicyclic) bond motifs is 1. The Morgan fingerprint density at radius 1 is 0.909 bits per heavy atom. The minimum Gasteiger partial charge on any atom is -0.462 e. The summed E-state index contributed by atoms with van der Waals surface area (Å²) in [7, 11) is 0. The molecule has 22 heavy (non-hydrogen) atoms. The summed E-state index contributed by atoms with van der Waals surface area (Å²) in [6, 6.07) is 0. The van der Waals surface area contributed by atoms with Crippen LogP contribution in [0.4, 0.5) is 0 Å². The average Bonchev–Trinajstić information content (AvgIpc) is 3.29. The molecule has 0 radical (unpaired) electrons. The molecule has 6 heteroatoms. The molecule has 0 amide bonds. The average molecular weight is 312 g/mol. The lowest BCUT2D eigenvalue weighted by atomic mass is 9.87. The monoisotopic (exact) mass is 312 g/mol. The second-order valence-corrected chi connectivity index (χ2v) is 6.58. The van der Waals surface area contributed by atoms with Crippen LogP contribution in [0.1, 0.15) is 44.9 Å². The Morgan fingerprint density at radius 3 is 2.23 bits per heavy atom. The standard InChI is InChI=1S/C16H24O6/c17-12-3-1-2-10(8-12)15(18)20-6-7-21-16(19)11-4-5-13-14(9-11)22-13/h10-14,17H,1-9H2. The van der Waals surface area contributed by atoms with Gasteiger partial charge < -0.3 is 19.3 Å². The number of rotatable bonds is 5. The molecule has 0 aromatic carbocycles. The quantitative estimate of drug-likeness (QED) is 0.466. The first-order valence-corrected chi connectivity index (χ1v) is 8.30. The van der Waals surface area contributed by atoms with Crippen molar-refractivity contribution in [2.45, 2.75) is 63.3 Å². The molecule has 1 aliphatic heterocycles. The smallest absolute Gasteiger partial charge is 0.309 e. The van der Waals surface area contributed by atoms with Gasteiger partial charge in [0.05, 0.1) is 30.1 Å². The molecule has 0 aromatic heterocycles. The van der Waals surface area contributed by atoms with Gasteiger partial charge in [0.15, 0.2) is 0 Å². The van der Waals surface area contributed by atoms with Crippen molar-refractivity contribution >= 4 is 11.9 Å². The number of carbonyl (C=O) groups excluding carboxylic acids is 2. The van der Waals surface area contributed by atoms with E-state index in [4.69, 9.17) is 14.2 Å². The predicted octanol–water partition coefficient (Wildman–Crippen LogP) is 1.19. The molecule has 1 saturated heterocycles. The van der Waals surface area contributed by atoms with Gasteiger partial charge in [-0.3, -0.25) is 9.59 Å². The zero-order valence-corrected chi connectivity index (χ0v) is 12.7. The second-order valence-electron chi connectivity index (χ2n) is 6.58. The van der Waals surface area contributed by atoms with Gasteiger partial charge in [-0.15, -0.1) is 0 Å². The van der Waals surface area contributed by atoms with Gasteiger partial charge in [0.25, 0.3) is 0 Å². The van der Waals surface area contributed by atoms with E-state index in [0.717, 1.165) is 38.5 Å². The maximum Gasteiger partial charge on any atom is 0.309 e. The van der Waals surface area contributed by atoms with Crippen molar-refractivity contribution in [1.29, 1.82) is 0 Å². The molecule has 3 rings (SSSR count). The molecule has 0 spiro atoms. The van der Waals surface area contributed by atoms with Crippen molar-refractivity contribution in [1.82, 2.24) is 0 Å². The minimum absolute atomic E-state index is 0.0760. The van der Waals surface area contributed by atoms with E-state index in [-0.39, 0.29) is 43.1 Å². The Kier molecular flexibility index (Phi) is 4.98. The van der Waals surface area contributed by atoms with Crippen molar-refractivity contribution in [2.24, 2.45) is 11.8 Å². The molecular formula is C16H24O6. The molecule has 124 valence electrons. The van der Waals surface area contributed by atoms with Crippen LogP contribution in [0.3, 0.4) is 0 Å². The molecule has 0 bridgehead atoms. The van der Waals surface area contributed by atoms with E-state index in [2.05, 4.69) is 0 Å². The number of hydrogen-bond acceptors (Lipinski definition) is 6. The Bertz CT molecular complexity index is 403. The number of carbonyl (C=O) groups is 2. The fraction of sp³-hybridized carbons (Fsp3) is 0.875. The van der Waals surface area contributed by atoms with Crippen molar-refractivity contribution in [3.63, 3.8) is 0 Å². The lowest BCUT2D eigenvalue weighted by Gasteiger charge is -2.24. The van der Waals surface area contributed by atoms with Crippen LogP contribution in [0.2, 0.25) is 0 Å². The number of aliphatic hydroxyl groups excluding tert-OH is 1. The van der Waals surface area contributed by atoms with Crippen LogP contribution in [0.5, 0.6) is 0 Å². The normalized spacial score (nSPS) is 37.0. The van der Waals surface area contributed by atoms with Crippen LogP contribution in [0.15, 0.2) is 0 Å². The summed E-state index contributed by atoms with van der Waals surface area (Å²) >= 11 is 0. The molecule has 2 aliphatic carbocycles. The largest absolute Gasteiger partial charge is 0.462 e. The fourth-order valence-corrected chi connectivity index (χ4v) is 3.52. The first-order chi connectivity index (χ1) is 10.6. The highest BCUT2D eigenvalue weighted by atomic mass is 16.6. The molecule has 6 nitrogen and oxygen atoms in total. The highest BCUT2D eigenvalue weighted by molar-refractivity contribution is 5.73. The van der Waals surface area contributed by atoms with Crippen LogP contribution < -0.4 is 0 Å². The molecular weight excluding hydrogens is 288 g/mol. The van der Waals surface area contributed by atoms with E-state index in [9.17, 15) is 14.7 Å². The minimum atomic E-state index is -0.399. The van der Waals surface area contributed by atoms with E-state index < -0.39 is 6.10 Å². The van der Waals surface area contributed by atoms with Gasteiger partial charge >= 0.3 is 11.9 Å². The van der Waals surface area contributed by atoms with E-state index in [0.29, 0.717) is 12.5 Å². The van der Waals surface area contributed by atoms with Crippen molar-refractivity contribution in [3.8, 4) is 0 Å². The van der Waals surface area contributed by atoms with Gasteiger partial charge in [-0.25, -0.2) is 0 Å². The summed E-state index contributed by atoms with van der Waals surface area (Å²) in [5, 5.41) is 9.55.